The summed E-state index contributed by atoms with van der Waals surface area (Å²) < 4.78 is 61.4. The number of carbonyl (C=O) groups excluding carboxylic acids is 1. The van der Waals surface area contributed by atoms with Crippen molar-refractivity contribution < 1.29 is 26.7 Å². The zero-order valence-corrected chi connectivity index (χ0v) is 21.6. The largest absolute Gasteiger partial charge is 0.376 e. The Bertz CT molecular complexity index is 1390. The van der Waals surface area contributed by atoms with Crippen LogP contribution in [-0.2, 0) is 19.6 Å². The minimum absolute atomic E-state index is 0.0257. The second-order valence-corrected chi connectivity index (χ2v) is 12.3. The molecule has 0 saturated carbocycles. The molecule has 5 rings (SSSR count). The summed E-state index contributed by atoms with van der Waals surface area (Å²) in [4.78, 5) is 19.3. The van der Waals surface area contributed by atoms with E-state index in [1.165, 1.54) is 11.3 Å². The average molecular weight is 556 g/mol. The fourth-order valence-electron chi connectivity index (χ4n) is 4.63. The Hall–Kier alpha value is -2.18. The van der Waals surface area contributed by atoms with Crippen molar-refractivity contribution in [3.8, 4) is 0 Å². The maximum absolute atomic E-state index is 14.2. The van der Waals surface area contributed by atoms with E-state index in [0.29, 0.717) is 29.4 Å². The summed E-state index contributed by atoms with van der Waals surface area (Å²) in [6.45, 7) is 1.06. The van der Waals surface area contributed by atoms with E-state index in [0.717, 1.165) is 39.5 Å². The van der Waals surface area contributed by atoms with E-state index in [-0.39, 0.29) is 37.9 Å². The highest BCUT2D eigenvalue weighted by Gasteiger charge is 2.37. The Balaban J connectivity index is 1.35. The minimum Gasteiger partial charge on any atom is -0.376 e. The van der Waals surface area contributed by atoms with E-state index >= 15 is 0 Å². The van der Waals surface area contributed by atoms with Crippen LogP contribution < -0.4 is 4.90 Å². The topological polar surface area (TPSA) is 79.8 Å². The molecule has 36 heavy (non-hydrogen) atoms. The lowest BCUT2D eigenvalue weighted by atomic mass is 9.96. The van der Waals surface area contributed by atoms with Gasteiger partial charge in [0.15, 0.2) is 5.13 Å². The summed E-state index contributed by atoms with van der Waals surface area (Å²) in [5.41, 5.74) is 0.738. The number of benzene rings is 2. The quantitative estimate of drug-likeness (QED) is 0.435. The molecule has 3 aromatic rings. The summed E-state index contributed by atoms with van der Waals surface area (Å²) in [6, 6.07) is 7.72. The Morgan fingerprint density at radius 2 is 1.94 bits per heavy atom. The standard InChI is InChI=1S/C24H24ClF2N3O4S2/c25-16-3-6-20-21(12-16)35-24(28-20)30(14-18-2-1-11-34-18)23(31)15-7-9-29(10-8-15)36(32,33)22-13-17(26)4-5-19(22)27/h3-6,12-13,15,18H,1-2,7-11,14H2. The SMILES string of the molecule is O=C(C1CCN(S(=O)(=O)c2cc(F)ccc2F)CC1)N(CC1CCCO1)c1nc2ccc(Cl)cc2s1. The van der Waals surface area contributed by atoms with Gasteiger partial charge in [-0.05, 0) is 62.1 Å². The lowest BCUT2D eigenvalue weighted by molar-refractivity contribution is -0.123. The Morgan fingerprint density at radius 1 is 1.17 bits per heavy atom. The summed E-state index contributed by atoms with van der Waals surface area (Å²) >= 11 is 7.49. The number of nitrogens with zero attached hydrogens (tertiary/aromatic N) is 3. The van der Waals surface area contributed by atoms with Crippen LogP contribution in [0.5, 0.6) is 0 Å². The number of hydrogen-bond acceptors (Lipinski definition) is 6. The zero-order valence-electron chi connectivity index (χ0n) is 19.2. The predicted molar refractivity (Wildman–Crippen MR) is 134 cm³/mol. The molecule has 2 aromatic carbocycles. The Kier molecular flexibility index (Phi) is 7.28. The van der Waals surface area contributed by atoms with Gasteiger partial charge in [0.25, 0.3) is 0 Å². The lowest BCUT2D eigenvalue weighted by Gasteiger charge is -2.33. The maximum Gasteiger partial charge on any atom is 0.246 e. The zero-order chi connectivity index (χ0) is 25.4. The summed E-state index contributed by atoms with van der Waals surface area (Å²) in [5.74, 6) is -2.43. The van der Waals surface area contributed by atoms with Gasteiger partial charge in [0, 0.05) is 30.6 Å². The molecule has 1 amide bonds. The van der Waals surface area contributed by atoms with E-state index in [9.17, 15) is 22.0 Å². The van der Waals surface area contributed by atoms with Crippen molar-refractivity contribution in [2.75, 3.05) is 31.1 Å². The number of anilines is 1. The normalized spacial score (nSPS) is 19.7. The van der Waals surface area contributed by atoms with E-state index in [1.54, 1.807) is 17.0 Å². The number of piperidine rings is 1. The molecule has 3 heterocycles. The van der Waals surface area contributed by atoms with Gasteiger partial charge < -0.3 is 4.74 Å². The van der Waals surface area contributed by atoms with Crippen LogP contribution in [0, 0.1) is 17.6 Å². The molecule has 0 spiro atoms. The van der Waals surface area contributed by atoms with Crippen molar-refractivity contribution in [1.82, 2.24) is 9.29 Å². The van der Waals surface area contributed by atoms with E-state index in [2.05, 4.69) is 4.98 Å². The number of hydrogen-bond donors (Lipinski definition) is 0. The molecule has 2 aliphatic rings. The monoisotopic (exact) mass is 555 g/mol. The number of fused-ring (bicyclic) bond motifs is 1. The smallest absolute Gasteiger partial charge is 0.246 e. The third kappa shape index (κ3) is 5.12. The van der Waals surface area contributed by atoms with Crippen molar-refractivity contribution in [2.45, 2.75) is 36.7 Å². The van der Waals surface area contributed by atoms with Crippen LogP contribution in [-0.4, -0.2) is 56.0 Å². The number of rotatable bonds is 6. The van der Waals surface area contributed by atoms with Crippen molar-refractivity contribution in [2.24, 2.45) is 5.92 Å². The van der Waals surface area contributed by atoms with Crippen LogP contribution in [0.1, 0.15) is 25.7 Å². The summed E-state index contributed by atoms with van der Waals surface area (Å²) in [6.07, 6.45) is 2.19. The number of aromatic nitrogens is 1. The van der Waals surface area contributed by atoms with E-state index < -0.39 is 32.5 Å². The molecule has 0 N–H and O–H groups in total. The first-order chi connectivity index (χ1) is 17.2. The summed E-state index contributed by atoms with van der Waals surface area (Å²) in [7, 11) is -4.23. The third-order valence-corrected chi connectivity index (χ3v) is 9.75. The molecule has 192 valence electrons. The molecule has 1 unspecified atom stereocenters. The van der Waals surface area contributed by atoms with Crippen molar-refractivity contribution in [1.29, 1.82) is 0 Å². The lowest BCUT2D eigenvalue weighted by Crippen LogP contribution is -2.46. The molecule has 1 aromatic heterocycles. The molecule has 2 aliphatic heterocycles. The van der Waals surface area contributed by atoms with Crippen LogP contribution in [0.15, 0.2) is 41.3 Å². The number of halogens is 3. The second kappa shape index (κ2) is 10.3. The van der Waals surface area contributed by atoms with Gasteiger partial charge in [-0.15, -0.1) is 0 Å². The van der Waals surface area contributed by atoms with Gasteiger partial charge in [0.2, 0.25) is 15.9 Å². The van der Waals surface area contributed by atoms with Crippen LogP contribution in [0.25, 0.3) is 10.2 Å². The van der Waals surface area contributed by atoms with Gasteiger partial charge in [-0.1, -0.05) is 22.9 Å². The number of carbonyl (C=O) groups is 1. The van der Waals surface area contributed by atoms with Gasteiger partial charge in [-0.25, -0.2) is 22.2 Å². The van der Waals surface area contributed by atoms with Gasteiger partial charge in [-0.2, -0.15) is 4.31 Å². The Morgan fingerprint density at radius 3 is 2.67 bits per heavy atom. The van der Waals surface area contributed by atoms with Crippen molar-refractivity contribution >= 4 is 54.2 Å². The van der Waals surface area contributed by atoms with Gasteiger partial charge >= 0.3 is 0 Å². The van der Waals surface area contributed by atoms with Gasteiger partial charge in [-0.3, -0.25) is 9.69 Å². The first-order valence-corrected chi connectivity index (χ1v) is 14.3. The van der Waals surface area contributed by atoms with E-state index in [4.69, 9.17) is 16.3 Å². The molecule has 0 aliphatic carbocycles. The Labute approximate surface area is 216 Å². The van der Waals surface area contributed by atoms with Gasteiger partial charge in [0.1, 0.15) is 16.5 Å². The molecule has 1 atom stereocenters. The highest BCUT2D eigenvalue weighted by molar-refractivity contribution is 7.89. The number of thiazole rings is 1. The highest BCUT2D eigenvalue weighted by Crippen LogP contribution is 2.34. The molecule has 12 heteroatoms. The highest BCUT2D eigenvalue weighted by atomic mass is 35.5. The van der Waals surface area contributed by atoms with Crippen LogP contribution >= 0.6 is 22.9 Å². The molecule has 0 radical (unpaired) electrons. The van der Waals surface area contributed by atoms with Crippen LogP contribution in [0.3, 0.4) is 0 Å². The molecule has 2 fully saturated rings. The fraction of sp³-hybridized carbons (Fsp3) is 0.417. The van der Waals surface area contributed by atoms with Gasteiger partial charge in [0.05, 0.1) is 22.9 Å². The third-order valence-electron chi connectivity index (χ3n) is 6.56. The first-order valence-electron chi connectivity index (χ1n) is 11.7. The number of sulfonamides is 1. The molecule has 0 bridgehead atoms. The summed E-state index contributed by atoms with van der Waals surface area (Å²) in [5, 5.41) is 1.13. The first kappa shape index (κ1) is 25.5. The van der Waals surface area contributed by atoms with Crippen LogP contribution in [0.2, 0.25) is 5.02 Å². The molecular formula is C24H24ClF2N3O4S2. The molecule has 2 saturated heterocycles. The minimum atomic E-state index is -4.23. The van der Waals surface area contributed by atoms with Crippen molar-refractivity contribution in [3.63, 3.8) is 0 Å². The predicted octanol–water partition coefficient (Wildman–Crippen LogP) is 4.84. The van der Waals surface area contributed by atoms with Crippen molar-refractivity contribution in [3.05, 3.63) is 53.1 Å². The average Bonchev–Trinajstić information content (AvgIpc) is 3.53. The maximum atomic E-state index is 14.2. The number of ether oxygens (including phenoxy) is 1. The van der Waals surface area contributed by atoms with Crippen LogP contribution in [0.4, 0.5) is 13.9 Å². The molecular weight excluding hydrogens is 532 g/mol. The second-order valence-electron chi connectivity index (χ2n) is 8.95. The fourth-order valence-corrected chi connectivity index (χ4v) is 7.44. The van der Waals surface area contributed by atoms with E-state index in [1.807, 2.05) is 6.07 Å². The molecule has 7 nitrogen and oxygen atoms in total. The number of amides is 1.